The maximum atomic E-state index is 12.2. The van der Waals surface area contributed by atoms with Gasteiger partial charge in [0.25, 0.3) is 0 Å². The van der Waals surface area contributed by atoms with Crippen molar-refractivity contribution < 1.29 is 9.53 Å². The van der Waals surface area contributed by atoms with E-state index >= 15 is 0 Å². The van der Waals surface area contributed by atoms with Crippen molar-refractivity contribution in [2.75, 3.05) is 19.8 Å². The summed E-state index contributed by atoms with van der Waals surface area (Å²) in [5, 5.41) is 4.22. The van der Waals surface area contributed by atoms with Crippen molar-refractivity contribution in [3.05, 3.63) is 36.0 Å². The Labute approximate surface area is 124 Å². The first-order chi connectivity index (χ1) is 10.2. The van der Waals surface area contributed by atoms with Crippen LogP contribution in [-0.4, -0.2) is 30.6 Å². The first kappa shape index (κ1) is 14.1. The topological polar surface area (TPSA) is 54.1 Å². The van der Waals surface area contributed by atoms with Crippen LogP contribution in [0.3, 0.4) is 0 Å². The van der Waals surface area contributed by atoms with Crippen LogP contribution in [0.4, 0.5) is 0 Å². The van der Waals surface area contributed by atoms with E-state index in [1.807, 2.05) is 30.5 Å². The molecule has 0 atom stereocenters. The number of rotatable bonds is 4. The first-order valence-corrected chi connectivity index (χ1v) is 7.56. The van der Waals surface area contributed by atoms with Gasteiger partial charge in [0.15, 0.2) is 0 Å². The Morgan fingerprint density at radius 1 is 1.33 bits per heavy atom. The molecule has 2 N–H and O–H groups in total. The third-order valence-corrected chi connectivity index (χ3v) is 4.44. The van der Waals surface area contributed by atoms with Gasteiger partial charge < -0.3 is 15.0 Å². The molecule has 112 valence electrons. The van der Waals surface area contributed by atoms with Gasteiger partial charge >= 0.3 is 0 Å². The van der Waals surface area contributed by atoms with Crippen molar-refractivity contribution in [3.8, 4) is 0 Å². The van der Waals surface area contributed by atoms with E-state index in [1.165, 1.54) is 0 Å². The van der Waals surface area contributed by atoms with Crippen LogP contribution in [0, 0.1) is 5.41 Å². The number of amides is 1. The molecule has 1 aromatic carbocycles. The van der Waals surface area contributed by atoms with E-state index in [0.29, 0.717) is 6.42 Å². The molecule has 1 saturated heterocycles. The van der Waals surface area contributed by atoms with E-state index in [1.54, 1.807) is 0 Å². The fourth-order valence-electron chi connectivity index (χ4n) is 2.87. The lowest BCUT2D eigenvalue weighted by atomic mass is 9.82. The summed E-state index contributed by atoms with van der Waals surface area (Å²) in [5.41, 5.74) is 2.31. The van der Waals surface area contributed by atoms with Gasteiger partial charge in [0.1, 0.15) is 0 Å². The number of carbonyl (C=O) groups is 1. The third kappa shape index (κ3) is 3.27. The van der Waals surface area contributed by atoms with Crippen molar-refractivity contribution in [2.24, 2.45) is 5.41 Å². The van der Waals surface area contributed by atoms with Crippen LogP contribution in [0.1, 0.15) is 25.3 Å². The second kappa shape index (κ2) is 5.90. The summed E-state index contributed by atoms with van der Waals surface area (Å²) in [6.07, 6.45) is 4.39. The Morgan fingerprint density at radius 3 is 2.90 bits per heavy atom. The fourth-order valence-corrected chi connectivity index (χ4v) is 2.87. The SMILES string of the molecule is CC1(CNC(=O)Cc2c[nH]c3ccccc23)CCOCC1. The van der Waals surface area contributed by atoms with Gasteiger partial charge in [-0.25, -0.2) is 0 Å². The van der Waals surface area contributed by atoms with Crippen molar-refractivity contribution >= 4 is 16.8 Å². The predicted molar refractivity (Wildman–Crippen MR) is 83.2 cm³/mol. The highest BCUT2D eigenvalue weighted by molar-refractivity contribution is 5.88. The molecule has 1 fully saturated rings. The molecule has 0 saturated carbocycles. The van der Waals surface area contributed by atoms with Gasteiger partial charge in [-0.05, 0) is 29.9 Å². The summed E-state index contributed by atoms with van der Waals surface area (Å²) >= 11 is 0. The maximum Gasteiger partial charge on any atom is 0.224 e. The van der Waals surface area contributed by atoms with Crippen LogP contribution in [0.25, 0.3) is 10.9 Å². The van der Waals surface area contributed by atoms with Crippen molar-refractivity contribution in [3.63, 3.8) is 0 Å². The van der Waals surface area contributed by atoms with E-state index in [-0.39, 0.29) is 11.3 Å². The molecule has 0 spiro atoms. The molecule has 0 bridgehead atoms. The Morgan fingerprint density at radius 2 is 2.10 bits per heavy atom. The average molecular weight is 286 g/mol. The highest BCUT2D eigenvalue weighted by Gasteiger charge is 2.27. The molecule has 0 radical (unpaired) electrons. The number of para-hydroxylation sites is 1. The van der Waals surface area contributed by atoms with Crippen LogP contribution in [0.5, 0.6) is 0 Å². The third-order valence-electron chi connectivity index (χ3n) is 4.44. The molecular formula is C17H22N2O2. The highest BCUT2D eigenvalue weighted by Crippen LogP contribution is 2.28. The zero-order valence-corrected chi connectivity index (χ0v) is 12.4. The molecular weight excluding hydrogens is 264 g/mol. The first-order valence-electron chi connectivity index (χ1n) is 7.56. The minimum Gasteiger partial charge on any atom is -0.381 e. The highest BCUT2D eigenvalue weighted by atomic mass is 16.5. The normalized spacial score (nSPS) is 17.8. The number of aromatic amines is 1. The van der Waals surface area contributed by atoms with Gasteiger partial charge in [-0.15, -0.1) is 0 Å². The van der Waals surface area contributed by atoms with E-state index in [9.17, 15) is 4.79 Å². The van der Waals surface area contributed by atoms with Gasteiger partial charge in [-0.1, -0.05) is 25.1 Å². The Kier molecular flexibility index (Phi) is 3.97. The zero-order chi connectivity index (χ0) is 14.7. The van der Waals surface area contributed by atoms with E-state index in [2.05, 4.69) is 17.2 Å². The van der Waals surface area contributed by atoms with Crippen LogP contribution in [0.15, 0.2) is 30.5 Å². The van der Waals surface area contributed by atoms with Crippen molar-refractivity contribution in [1.29, 1.82) is 0 Å². The molecule has 4 nitrogen and oxygen atoms in total. The summed E-state index contributed by atoms with van der Waals surface area (Å²) in [4.78, 5) is 15.4. The molecule has 2 heterocycles. The number of hydrogen-bond acceptors (Lipinski definition) is 2. The lowest BCUT2D eigenvalue weighted by Gasteiger charge is -2.33. The van der Waals surface area contributed by atoms with E-state index in [4.69, 9.17) is 4.74 Å². The van der Waals surface area contributed by atoms with Gasteiger partial charge in [-0.3, -0.25) is 4.79 Å². The van der Waals surface area contributed by atoms with Gasteiger partial charge in [0.2, 0.25) is 5.91 Å². The number of carbonyl (C=O) groups excluding carboxylic acids is 1. The molecule has 3 rings (SSSR count). The number of ether oxygens (including phenoxy) is 1. The largest absolute Gasteiger partial charge is 0.381 e. The van der Waals surface area contributed by atoms with Crippen molar-refractivity contribution in [2.45, 2.75) is 26.2 Å². The van der Waals surface area contributed by atoms with E-state index < -0.39 is 0 Å². The van der Waals surface area contributed by atoms with E-state index in [0.717, 1.165) is 49.1 Å². The fraction of sp³-hybridized carbons (Fsp3) is 0.471. The summed E-state index contributed by atoms with van der Waals surface area (Å²) in [7, 11) is 0. The van der Waals surface area contributed by atoms with Gasteiger partial charge in [0, 0.05) is 36.9 Å². The van der Waals surface area contributed by atoms with Crippen LogP contribution in [0.2, 0.25) is 0 Å². The minimum atomic E-state index is 0.0902. The lowest BCUT2D eigenvalue weighted by Crippen LogP contribution is -2.39. The maximum absolute atomic E-state index is 12.2. The molecule has 0 unspecified atom stereocenters. The average Bonchev–Trinajstić information content (AvgIpc) is 2.90. The monoisotopic (exact) mass is 286 g/mol. The van der Waals surface area contributed by atoms with Gasteiger partial charge in [0.05, 0.1) is 6.42 Å². The lowest BCUT2D eigenvalue weighted by molar-refractivity contribution is -0.121. The Bertz CT molecular complexity index is 627. The second-order valence-electron chi connectivity index (χ2n) is 6.24. The molecule has 1 amide bonds. The molecule has 1 aliphatic heterocycles. The molecule has 4 heteroatoms. The van der Waals surface area contributed by atoms with Crippen LogP contribution in [-0.2, 0) is 16.0 Å². The van der Waals surface area contributed by atoms with Crippen LogP contribution >= 0.6 is 0 Å². The molecule has 1 aliphatic rings. The van der Waals surface area contributed by atoms with Gasteiger partial charge in [-0.2, -0.15) is 0 Å². The summed E-state index contributed by atoms with van der Waals surface area (Å²) < 4.78 is 5.39. The molecule has 21 heavy (non-hydrogen) atoms. The second-order valence-corrected chi connectivity index (χ2v) is 6.24. The zero-order valence-electron chi connectivity index (χ0n) is 12.4. The van der Waals surface area contributed by atoms with Crippen LogP contribution < -0.4 is 5.32 Å². The summed E-state index contributed by atoms with van der Waals surface area (Å²) in [5.74, 6) is 0.0902. The number of fused-ring (bicyclic) bond motifs is 1. The number of hydrogen-bond donors (Lipinski definition) is 2. The standard InChI is InChI=1S/C17H22N2O2/c1-17(6-8-21-9-7-17)12-19-16(20)10-13-11-18-15-5-3-2-4-14(13)15/h2-5,11,18H,6-10,12H2,1H3,(H,19,20). The number of H-pyrrole nitrogens is 1. The molecule has 0 aliphatic carbocycles. The summed E-state index contributed by atoms with van der Waals surface area (Å²) in [6, 6.07) is 8.07. The Balaban J connectivity index is 1.59. The van der Waals surface area contributed by atoms with Crippen molar-refractivity contribution in [1.82, 2.24) is 10.3 Å². The quantitative estimate of drug-likeness (QED) is 0.908. The number of nitrogens with one attached hydrogen (secondary N) is 2. The Hall–Kier alpha value is -1.81. The smallest absolute Gasteiger partial charge is 0.224 e. The predicted octanol–water partition coefficient (Wildman–Crippen LogP) is 2.64. The minimum absolute atomic E-state index is 0.0902. The molecule has 1 aromatic heterocycles. The number of aromatic nitrogens is 1. The number of benzene rings is 1. The molecule has 2 aromatic rings. The summed E-state index contributed by atoms with van der Waals surface area (Å²) in [6.45, 7) is 4.56.